The van der Waals surface area contributed by atoms with E-state index in [-0.39, 0.29) is 5.97 Å². The summed E-state index contributed by atoms with van der Waals surface area (Å²) in [5.41, 5.74) is 0. The Bertz CT molecular complexity index is 185. The van der Waals surface area contributed by atoms with Crippen molar-refractivity contribution in [3.05, 3.63) is 12.2 Å². The number of carbonyl (C=O) groups excluding carboxylic acids is 1. The molecule has 0 aromatic rings. The summed E-state index contributed by atoms with van der Waals surface area (Å²) in [5.74, 6) is -0.163. The summed E-state index contributed by atoms with van der Waals surface area (Å²) in [6.45, 7) is 4.13. The van der Waals surface area contributed by atoms with E-state index in [1.165, 1.54) is 51.9 Å². The minimum atomic E-state index is -0.163. The predicted molar refractivity (Wildman–Crippen MR) is 68.4 cm³/mol. The molecule has 94 valence electrons. The molecule has 0 radical (unpaired) electrons. The molecular weight excluding hydrogens is 200 g/mol. The minimum absolute atomic E-state index is 0.163. The molecule has 0 N–H and O–H groups in total. The van der Waals surface area contributed by atoms with Crippen LogP contribution in [0, 0.1) is 0 Å². The number of esters is 1. The van der Waals surface area contributed by atoms with Crippen LogP contribution in [0.4, 0.5) is 0 Å². The van der Waals surface area contributed by atoms with Crippen LogP contribution in [0.2, 0.25) is 0 Å². The van der Waals surface area contributed by atoms with Gasteiger partial charge in [0.2, 0.25) is 0 Å². The highest BCUT2D eigenvalue weighted by atomic mass is 16.5. The van der Waals surface area contributed by atoms with Gasteiger partial charge in [-0.05, 0) is 26.2 Å². The van der Waals surface area contributed by atoms with Crippen molar-refractivity contribution in [1.82, 2.24) is 0 Å². The van der Waals surface area contributed by atoms with Crippen molar-refractivity contribution in [3.63, 3.8) is 0 Å². The summed E-state index contributed by atoms with van der Waals surface area (Å²) in [6, 6.07) is 0. The molecule has 0 spiro atoms. The van der Waals surface area contributed by atoms with Crippen molar-refractivity contribution in [2.75, 3.05) is 6.61 Å². The highest BCUT2D eigenvalue weighted by Gasteiger charge is 1.94. The fourth-order valence-electron chi connectivity index (χ4n) is 1.63. The molecule has 0 saturated carbocycles. The maximum absolute atomic E-state index is 10.5. The summed E-state index contributed by atoms with van der Waals surface area (Å²) in [6.07, 6.45) is 14.4. The number of carbonyl (C=O) groups is 1. The first-order valence-corrected chi connectivity index (χ1v) is 6.52. The normalized spacial score (nSPS) is 10.9. The topological polar surface area (TPSA) is 26.3 Å². The Balaban J connectivity index is 2.96. The van der Waals surface area contributed by atoms with E-state index in [9.17, 15) is 4.79 Å². The van der Waals surface area contributed by atoms with E-state index in [1.54, 1.807) is 0 Å². The van der Waals surface area contributed by atoms with Crippen LogP contribution < -0.4 is 0 Å². The third kappa shape index (κ3) is 13.2. The van der Waals surface area contributed by atoms with Crippen LogP contribution in [0.1, 0.15) is 65.2 Å². The maximum Gasteiger partial charge on any atom is 0.302 e. The zero-order valence-electron chi connectivity index (χ0n) is 10.8. The molecule has 0 heterocycles. The number of rotatable bonds is 10. The summed E-state index contributed by atoms with van der Waals surface area (Å²) in [5, 5.41) is 0. The van der Waals surface area contributed by atoms with Crippen LogP contribution >= 0.6 is 0 Å². The van der Waals surface area contributed by atoms with Gasteiger partial charge < -0.3 is 4.74 Å². The van der Waals surface area contributed by atoms with E-state index in [0.29, 0.717) is 6.61 Å². The number of allylic oxidation sites excluding steroid dienone is 2. The van der Waals surface area contributed by atoms with Gasteiger partial charge in [0.1, 0.15) is 0 Å². The maximum atomic E-state index is 10.5. The van der Waals surface area contributed by atoms with E-state index in [0.717, 1.165) is 6.42 Å². The molecule has 0 unspecified atom stereocenters. The van der Waals surface area contributed by atoms with Gasteiger partial charge in [0, 0.05) is 6.92 Å². The lowest BCUT2D eigenvalue weighted by atomic mass is 10.1. The molecule has 0 saturated heterocycles. The van der Waals surface area contributed by atoms with Crippen LogP contribution in [-0.4, -0.2) is 12.6 Å². The predicted octanol–water partition coefficient (Wildman–Crippen LogP) is 4.25. The van der Waals surface area contributed by atoms with Gasteiger partial charge >= 0.3 is 5.97 Å². The lowest BCUT2D eigenvalue weighted by Gasteiger charge is -2.02. The Hall–Kier alpha value is -0.790. The molecule has 0 aliphatic carbocycles. The summed E-state index contributed by atoms with van der Waals surface area (Å²) in [7, 11) is 0. The fourth-order valence-corrected chi connectivity index (χ4v) is 1.63. The zero-order chi connectivity index (χ0) is 12.1. The van der Waals surface area contributed by atoms with Crippen LogP contribution in [-0.2, 0) is 9.53 Å². The lowest BCUT2D eigenvalue weighted by Crippen LogP contribution is -1.99. The van der Waals surface area contributed by atoms with Gasteiger partial charge in [0.15, 0.2) is 0 Å². The average Bonchev–Trinajstić information content (AvgIpc) is 2.25. The monoisotopic (exact) mass is 226 g/mol. The molecule has 0 aliphatic heterocycles. The quantitative estimate of drug-likeness (QED) is 0.316. The second-order valence-corrected chi connectivity index (χ2v) is 4.17. The molecule has 16 heavy (non-hydrogen) atoms. The van der Waals surface area contributed by atoms with Gasteiger partial charge in [0.25, 0.3) is 0 Å². The van der Waals surface area contributed by atoms with Crippen LogP contribution in [0.15, 0.2) is 12.2 Å². The Morgan fingerprint density at radius 1 is 1.00 bits per heavy atom. The molecule has 0 aromatic carbocycles. The number of unbranched alkanes of at least 4 members (excludes halogenated alkanes) is 7. The molecule has 0 atom stereocenters. The number of hydrogen-bond acceptors (Lipinski definition) is 2. The minimum Gasteiger partial charge on any atom is -0.466 e. The average molecular weight is 226 g/mol. The van der Waals surface area contributed by atoms with Crippen molar-refractivity contribution in [2.45, 2.75) is 65.2 Å². The molecule has 0 aromatic heterocycles. The van der Waals surface area contributed by atoms with E-state index < -0.39 is 0 Å². The van der Waals surface area contributed by atoms with E-state index in [2.05, 4.69) is 19.1 Å². The van der Waals surface area contributed by atoms with Crippen molar-refractivity contribution in [2.24, 2.45) is 0 Å². The molecule has 0 bridgehead atoms. The summed E-state index contributed by atoms with van der Waals surface area (Å²) in [4.78, 5) is 10.5. The molecule has 0 fully saturated rings. The van der Waals surface area contributed by atoms with Gasteiger partial charge in [0.05, 0.1) is 6.61 Å². The largest absolute Gasteiger partial charge is 0.466 e. The van der Waals surface area contributed by atoms with Gasteiger partial charge in [-0.15, -0.1) is 0 Å². The zero-order valence-corrected chi connectivity index (χ0v) is 10.8. The van der Waals surface area contributed by atoms with E-state index in [4.69, 9.17) is 4.74 Å². The Morgan fingerprint density at radius 2 is 1.56 bits per heavy atom. The molecule has 0 aliphatic rings. The van der Waals surface area contributed by atoms with Gasteiger partial charge in [-0.1, -0.05) is 44.3 Å². The van der Waals surface area contributed by atoms with Crippen LogP contribution in [0.25, 0.3) is 0 Å². The van der Waals surface area contributed by atoms with Gasteiger partial charge in [-0.25, -0.2) is 0 Å². The Morgan fingerprint density at radius 3 is 2.12 bits per heavy atom. The van der Waals surface area contributed by atoms with Crippen molar-refractivity contribution >= 4 is 5.97 Å². The van der Waals surface area contributed by atoms with Crippen LogP contribution in [0.3, 0.4) is 0 Å². The third-order valence-electron chi connectivity index (χ3n) is 2.56. The smallest absolute Gasteiger partial charge is 0.302 e. The van der Waals surface area contributed by atoms with Crippen molar-refractivity contribution in [3.8, 4) is 0 Å². The van der Waals surface area contributed by atoms with Crippen molar-refractivity contribution in [1.29, 1.82) is 0 Å². The standard InChI is InChI=1S/C14H26O2/c1-3-4-5-6-7-8-9-10-11-12-13-16-14(2)15/h3-4H,5-13H2,1-2H3/b4-3+. The van der Waals surface area contributed by atoms with Crippen LogP contribution in [0.5, 0.6) is 0 Å². The molecule has 2 nitrogen and oxygen atoms in total. The number of ether oxygens (including phenoxy) is 1. The first-order valence-electron chi connectivity index (χ1n) is 6.52. The molecule has 0 rings (SSSR count). The molecule has 2 heteroatoms. The fraction of sp³-hybridized carbons (Fsp3) is 0.786. The van der Waals surface area contributed by atoms with E-state index in [1.807, 2.05) is 0 Å². The molecule has 0 amide bonds. The first-order chi connectivity index (χ1) is 7.77. The Kier molecular flexibility index (Phi) is 11.7. The highest BCUT2D eigenvalue weighted by molar-refractivity contribution is 5.65. The van der Waals surface area contributed by atoms with Crippen molar-refractivity contribution < 1.29 is 9.53 Å². The van der Waals surface area contributed by atoms with E-state index >= 15 is 0 Å². The first kappa shape index (κ1) is 15.2. The highest BCUT2D eigenvalue weighted by Crippen LogP contribution is 2.08. The summed E-state index contributed by atoms with van der Waals surface area (Å²) >= 11 is 0. The van der Waals surface area contributed by atoms with Gasteiger partial charge in [-0.2, -0.15) is 0 Å². The van der Waals surface area contributed by atoms with Gasteiger partial charge in [-0.3, -0.25) is 4.79 Å². The third-order valence-corrected chi connectivity index (χ3v) is 2.56. The second kappa shape index (κ2) is 12.3. The molecular formula is C14H26O2. The lowest BCUT2D eigenvalue weighted by molar-refractivity contribution is -0.141. The number of hydrogen-bond donors (Lipinski definition) is 0. The second-order valence-electron chi connectivity index (χ2n) is 4.17. The SMILES string of the molecule is C/C=C/CCCCCCCCCOC(C)=O. The Labute approximate surface area is 100 Å². The summed E-state index contributed by atoms with van der Waals surface area (Å²) < 4.78 is 4.87.